The molecule has 0 fully saturated rings. The fourth-order valence-corrected chi connectivity index (χ4v) is 1.71. The van der Waals surface area contributed by atoms with Crippen molar-refractivity contribution in [1.82, 2.24) is 15.3 Å². The first-order chi connectivity index (χ1) is 8.25. The Morgan fingerprint density at radius 2 is 1.94 bits per heavy atom. The van der Waals surface area contributed by atoms with Crippen molar-refractivity contribution in [2.75, 3.05) is 0 Å². The standard InChI is InChI=1S/C14H17N3/c1-11-5-4-8-16-14(11)10-15-9-13-7-3-6-12(2)17-13/h3-8,15H,9-10H2,1-2H3. The van der Waals surface area contributed by atoms with E-state index in [2.05, 4.69) is 28.3 Å². The maximum absolute atomic E-state index is 4.44. The summed E-state index contributed by atoms with van der Waals surface area (Å²) < 4.78 is 0. The van der Waals surface area contributed by atoms with Gasteiger partial charge in [0.25, 0.3) is 0 Å². The van der Waals surface area contributed by atoms with Gasteiger partial charge in [-0.3, -0.25) is 9.97 Å². The van der Waals surface area contributed by atoms with Crippen LogP contribution < -0.4 is 5.32 Å². The smallest absolute Gasteiger partial charge is 0.0570 e. The normalized spacial score (nSPS) is 10.5. The van der Waals surface area contributed by atoms with Gasteiger partial charge in [0.1, 0.15) is 0 Å². The van der Waals surface area contributed by atoms with Gasteiger partial charge >= 0.3 is 0 Å². The number of pyridine rings is 2. The molecule has 17 heavy (non-hydrogen) atoms. The highest BCUT2D eigenvalue weighted by Crippen LogP contribution is 2.03. The largest absolute Gasteiger partial charge is 0.305 e. The third-order valence-corrected chi connectivity index (χ3v) is 2.66. The molecule has 0 radical (unpaired) electrons. The summed E-state index contributed by atoms with van der Waals surface area (Å²) in [6, 6.07) is 10.1. The average molecular weight is 227 g/mol. The number of nitrogens with zero attached hydrogens (tertiary/aromatic N) is 2. The first-order valence-corrected chi connectivity index (χ1v) is 5.79. The van der Waals surface area contributed by atoms with E-state index in [1.54, 1.807) is 0 Å². The van der Waals surface area contributed by atoms with Crippen molar-refractivity contribution in [3.8, 4) is 0 Å². The molecule has 3 nitrogen and oxygen atoms in total. The molecule has 0 spiro atoms. The second kappa shape index (κ2) is 5.55. The van der Waals surface area contributed by atoms with Crippen LogP contribution in [0.25, 0.3) is 0 Å². The van der Waals surface area contributed by atoms with Gasteiger partial charge in [0.05, 0.1) is 11.4 Å². The van der Waals surface area contributed by atoms with Gasteiger partial charge in [-0.15, -0.1) is 0 Å². The minimum atomic E-state index is 0.775. The Kier molecular flexibility index (Phi) is 3.83. The summed E-state index contributed by atoms with van der Waals surface area (Å²) in [4.78, 5) is 8.79. The van der Waals surface area contributed by atoms with Gasteiger partial charge in [-0.25, -0.2) is 0 Å². The fraction of sp³-hybridized carbons (Fsp3) is 0.286. The van der Waals surface area contributed by atoms with E-state index in [0.29, 0.717) is 0 Å². The zero-order valence-electron chi connectivity index (χ0n) is 10.3. The molecule has 2 rings (SSSR count). The molecule has 0 aliphatic heterocycles. The quantitative estimate of drug-likeness (QED) is 0.871. The van der Waals surface area contributed by atoms with Gasteiger partial charge in [0.15, 0.2) is 0 Å². The molecule has 0 saturated heterocycles. The van der Waals surface area contributed by atoms with Crippen molar-refractivity contribution in [2.45, 2.75) is 26.9 Å². The van der Waals surface area contributed by atoms with Crippen molar-refractivity contribution in [3.05, 3.63) is 59.2 Å². The van der Waals surface area contributed by atoms with Gasteiger partial charge in [-0.1, -0.05) is 12.1 Å². The van der Waals surface area contributed by atoms with Crippen LogP contribution in [0, 0.1) is 13.8 Å². The van der Waals surface area contributed by atoms with E-state index >= 15 is 0 Å². The summed E-state index contributed by atoms with van der Waals surface area (Å²) in [5.74, 6) is 0. The third-order valence-electron chi connectivity index (χ3n) is 2.66. The summed E-state index contributed by atoms with van der Waals surface area (Å²) >= 11 is 0. The SMILES string of the molecule is Cc1cccc(CNCc2ncccc2C)n1. The lowest BCUT2D eigenvalue weighted by atomic mass is 10.2. The predicted octanol–water partition coefficient (Wildman–Crippen LogP) is 2.38. The van der Waals surface area contributed by atoms with Gasteiger partial charge in [0, 0.05) is 25.0 Å². The second-order valence-electron chi connectivity index (χ2n) is 4.14. The van der Waals surface area contributed by atoms with Gasteiger partial charge < -0.3 is 5.32 Å². The molecule has 0 atom stereocenters. The molecular formula is C14H17N3. The molecule has 0 saturated carbocycles. The lowest BCUT2D eigenvalue weighted by molar-refractivity contribution is 0.663. The number of aromatic nitrogens is 2. The molecular weight excluding hydrogens is 210 g/mol. The summed E-state index contributed by atoms with van der Waals surface area (Å²) in [6.45, 7) is 5.64. The fourth-order valence-electron chi connectivity index (χ4n) is 1.71. The van der Waals surface area contributed by atoms with Crippen molar-refractivity contribution in [1.29, 1.82) is 0 Å². The molecule has 1 N–H and O–H groups in total. The van der Waals surface area contributed by atoms with Crippen LogP contribution in [0.3, 0.4) is 0 Å². The Labute approximate surface area is 102 Å². The van der Waals surface area contributed by atoms with Crippen LogP contribution in [-0.2, 0) is 13.1 Å². The maximum atomic E-state index is 4.44. The van der Waals surface area contributed by atoms with E-state index in [0.717, 1.165) is 30.2 Å². The summed E-state index contributed by atoms with van der Waals surface area (Å²) in [6.07, 6.45) is 1.83. The molecule has 0 bridgehead atoms. The Balaban J connectivity index is 1.90. The van der Waals surface area contributed by atoms with Crippen LogP contribution in [0.15, 0.2) is 36.5 Å². The van der Waals surface area contributed by atoms with Crippen LogP contribution in [0.2, 0.25) is 0 Å². The number of rotatable bonds is 4. The number of hydrogen-bond acceptors (Lipinski definition) is 3. The van der Waals surface area contributed by atoms with Gasteiger partial charge in [-0.05, 0) is 37.6 Å². The van der Waals surface area contributed by atoms with Crippen LogP contribution in [0.5, 0.6) is 0 Å². The van der Waals surface area contributed by atoms with Gasteiger partial charge in [0.2, 0.25) is 0 Å². The Morgan fingerprint density at radius 1 is 1.06 bits per heavy atom. The first-order valence-electron chi connectivity index (χ1n) is 5.79. The highest BCUT2D eigenvalue weighted by molar-refractivity contribution is 5.17. The van der Waals surface area contributed by atoms with E-state index in [1.165, 1.54) is 5.56 Å². The molecule has 3 heteroatoms. The first kappa shape index (κ1) is 11.7. The predicted molar refractivity (Wildman–Crippen MR) is 68.5 cm³/mol. The van der Waals surface area contributed by atoms with E-state index in [-0.39, 0.29) is 0 Å². The number of nitrogens with one attached hydrogen (secondary N) is 1. The van der Waals surface area contributed by atoms with Crippen molar-refractivity contribution in [2.24, 2.45) is 0 Å². The van der Waals surface area contributed by atoms with E-state index < -0.39 is 0 Å². The summed E-state index contributed by atoms with van der Waals surface area (Å²) in [7, 11) is 0. The van der Waals surface area contributed by atoms with Crippen LogP contribution in [0.1, 0.15) is 22.6 Å². The average Bonchev–Trinajstić information content (AvgIpc) is 2.32. The Bertz CT molecular complexity index is 494. The molecule has 88 valence electrons. The maximum Gasteiger partial charge on any atom is 0.0570 e. The van der Waals surface area contributed by atoms with Crippen LogP contribution in [-0.4, -0.2) is 9.97 Å². The molecule has 2 aromatic heterocycles. The molecule has 0 aromatic carbocycles. The molecule has 2 aromatic rings. The molecule has 0 amide bonds. The van der Waals surface area contributed by atoms with Crippen LogP contribution in [0.4, 0.5) is 0 Å². The summed E-state index contributed by atoms with van der Waals surface area (Å²) in [5.41, 5.74) is 4.44. The van der Waals surface area contributed by atoms with E-state index in [4.69, 9.17) is 0 Å². The second-order valence-corrected chi connectivity index (χ2v) is 4.14. The van der Waals surface area contributed by atoms with Crippen LogP contribution >= 0.6 is 0 Å². The van der Waals surface area contributed by atoms with E-state index in [1.807, 2.05) is 37.4 Å². The lowest BCUT2D eigenvalue weighted by Gasteiger charge is -2.06. The van der Waals surface area contributed by atoms with Gasteiger partial charge in [-0.2, -0.15) is 0 Å². The highest BCUT2D eigenvalue weighted by atomic mass is 14.9. The Morgan fingerprint density at radius 3 is 2.71 bits per heavy atom. The van der Waals surface area contributed by atoms with E-state index in [9.17, 15) is 0 Å². The van der Waals surface area contributed by atoms with Crippen molar-refractivity contribution >= 4 is 0 Å². The molecule has 0 aliphatic rings. The zero-order valence-corrected chi connectivity index (χ0v) is 10.3. The lowest BCUT2D eigenvalue weighted by Crippen LogP contribution is -2.15. The molecule has 0 aliphatic carbocycles. The Hall–Kier alpha value is -1.74. The van der Waals surface area contributed by atoms with Crippen molar-refractivity contribution < 1.29 is 0 Å². The minimum absolute atomic E-state index is 0.775. The highest BCUT2D eigenvalue weighted by Gasteiger charge is 1.99. The number of aryl methyl sites for hydroxylation is 2. The summed E-state index contributed by atoms with van der Waals surface area (Å²) in [5, 5.41) is 3.36. The molecule has 0 unspecified atom stereocenters. The number of hydrogen-bond donors (Lipinski definition) is 1. The minimum Gasteiger partial charge on any atom is -0.305 e. The third kappa shape index (κ3) is 3.36. The zero-order chi connectivity index (χ0) is 12.1. The monoisotopic (exact) mass is 227 g/mol. The van der Waals surface area contributed by atoms with Crippen molar-refractivity contribution in [3.63, 3.8) is 0 Å². The molecule has 2 heterocycles. The topological polar surface area (TPSA) is 37.8 Å².